The summed E-state index contributed by atoms with van der Waals surface area (Å²) in [5.41, 5.74) is 4.28. The average Bonchev–Trinajstić information content (AvgIpc) is 3.28. The second-order valence-corrected chi connectivity index (χ2v) is 7.03. The average molecular weight is 325 g/mol. The van der Waals surface area contributed by atoms with Gasteiger partial charge in [0.2, 0.25) is 0 Å². The van der Waals surface area contributed by atoms with Crippen LogP contribution in [-0.2, 0) is 24.1 Å². The van der Waals surface area contributed by atoms with Crippen molar-refractivity contribution in [2.24, 2.45) is 5.92 Å². The van der Waals surface area contributed by atoms with Gasteiger partial charge in [0, 0.05) is 37.9 Å². The van der Waals surface area contributed by atoms with E-state index in [9.17, 15) is 0 Å². The van der Waals surface area contributed by atoms with Gasteiger partial charge in [0.05, 0.1) is 5.69 Å². The SMILES string of the molecule is CCn1nccc1[C@@H]1OCC[C@H]1CN[C@@H]1CCc2ccccc2C1. The zero-order chi connectivity index (χ0) is 16.4. The predicted octanol–water partition coefficient (Wildman–Crippen LogP) is 3.13. The summed E-state index contributed by atoms with van der Waals surface area (Å²) in [5.74, 6) is 0.546. The quantitative estimate of drug-likeness (QED) is 0.918. The van der Waals surface area contributed by atoms with Crippen LogP contribution >= 0.6 is 0 Å². The van der Waals surface area contributed by atoms with Crippen LogP contribution in [0.4, 0.5) is 0 Å². The highest BCUT2D eigenvalue weighted by Crippen LogP contribution is 2.34. The summed E-state index contributed by atoms with van der Waals surface area (Å²) in [5, 5.41) is 8.23. The second kappa shape index (κ2) is 7.08. The van der Waals surface area contributed by atoms with Crippen molar-refractivity contribution in [3.05, 3.63) is 53.3 Å². The van der Waals surface area contributed by atoms with Gasteiger partial charge in [0.1, 0.15) is 6.10 Å². The van der Waals surface area contributed by atoms with Crippen LogP contribution in [0.15, 0.2) is 36.5 Å². The van der Waals surface area contributed by atoms with E-state index in [1.807, 2.05) is 6.20 Å². The van der Waals surface area contributed by atoms with Gasteiger partial charge in [0.15, 0.2) is 0 Å². The van der Waals surface area contributed by atoms with Crippen molar-refractivity contribution in [3.63, 3.8) is 0 Å². The van der Waals surface area contributed by atoms with Crippen LogP contribution in [0, 0.1) is 5.92 Å². The predicted molar refractivity (Wildman–Crippen MR) is 95.0 cm³/mol. The number of benzene rings is 1. The Morgan fingerprint density at radius 1 is 1.21 bits per heavy atom. The lowest BCUT2D eigenvalue weighted by molar-refractivity contribution is 0.0822. The molecule has 0 spiro atoms. The standard InChI is InChI=1S/C20H27N3O/c1-2-23-19(9-11-22-23)20-17(10-12-24-20)14-21-18-8-7-15-5-3-4-6-16(15)13-18/h3-6,9,11,17-18,20-21H,2,7-8,10,12-14H2,1H3/t17-,18+,20+/m0/s1. The molecule has 1 N–H and O–H groups in total. The first-order valence-corrected chi connectivity index (χ1v) is 9.28. The van der Waals surface area contributed by atoms with Crippen LogP contribution in [0.2, 0.25) is 0 Å². The lowest BCUT2D eigenvalue weighted by atomic mass is 9.88. The summed E-state index contributed by atoms with van der Waals surface area (Å²) in [4.78, 5) is 0. The first-order valence-electron chi connectivity index (χ1n) is 9.28. The largest absolute Gasteiger partial charge is 0.372 e. The van der Waals surface area contributed by atoms with Crippen LogP contribution in [-0.4, -0.2) is 29.0 Å². The van der Waals surface area contributed by atoms with E-state index < -0.39 is 0 Å². The smallest absolute Gasteiger partial charge is 0.103 e. The number of aryl methyl sites for hydroxylation is 2. The molecule has 1 aromatic heterocycles. The number of nitrogens with one attached hydrogen (secondary N) is 1. The van der Waals surface area contributed by atoms with Crippen LogP contribution in [0.5, 0.6) is 0 Å². The minimum absolute atomic E-state index is 0.191. The fraction of sp³-hybridized carbons (Fsp3) is 0.550. The highest BCUT2D eigenvalue weighted by atomic mass is 16.5. The Bertz CT molecular complexity index is 681. The lowest BCUT2D eigenvalue weighted by Crippen LogP contribution is -2.38. The molecule has 0 bridgehead atoms. The first-order chi connectivity index (χ1) is 11.8. The molecule has 1 saturated heterocycles. The van der Waals surface area contributed by atoms with Crippen LogP contribution < -0.4 is 5.32 Å². The van der Waals surface area contributed by atoms with Crippen LogP contribution in [0.3, 0.4) is 0 Å². The Morgan fingerprint density at radius 2 is 2.08 bits per heavy atom. The Morgan fingerprint density at radius 3 is 2.96 bits per heavy atom. The number of fused-ring (bicyclic) bond motifs is 1. The van der Waals surface area contributed by atoms with E-state index >= 15 is 0 Å². The molecule has 2 heterocycles. The summed E-state index contributed by atoms with van der Waals surface area (Å²) in [6, 6.07) is 11.6. The fourth-order valence-electron chi connectivity index (χ4n) is 4.21. The Kier molecular flexibility index (Phi) is 4.67. The van der Waals surface area contributed by atoms with E-state index in [1.165, 1.54) is 29.7 Å². The second-order valence-electron chi connectivity index (χ2n) is 7.03. The number of rotatable bonds is 5. The van der Waals surface area contributed by atoms with Crippen molar-refractivity contribution in [1.82, 2.24) is 15.1 Å². The van der Waals surface area contributed by atoms with Gasteiger partial charge in [-0.3, -0.25) is 4.68 Å². The van der Waals surface area contributed by atoms with Gasteiger partial charge < -0.3 is 10.1 Å². The third-order valence-electron chi connectivity index (χ3n) is 5.57. The molecule has 0 amide bonds. The lowest BCUT2D eigenvalue weighted by Gasteiger charge is -2.28. The van der Waals surface area contributed by atoms with Gasteiger partial charge in [-0.2, -0.15) is 5.10 Å². The summed E-state index contributed by atoms with van der Waals surface area (Å²) >= 11 is 0. The maximum atomic E-state index is 6.05. The van der Waals surface area contributed by atoms with E-state index in [2.05, 4.69) is 52.4 Å². The highest BCUT2D eigenvalue weighted by Gasteiger charge is 2.32. The molecule has 0 saturated carbocycles. The monoisotopic (exact) mass is 325 g/mol. The van der Waals surface area contributed by atoms with Gasteiger partial charge >= 0.3 is 0 Å². The molecule has 0 radical (unpaired) electrons. The molecule has 1 aromatic carbocycles. The van der Waals surface area contributed by atoms with Gasteiger partial charge in [-0.25, -0.2) is 0 Å². The van der Waals surface area contributed by atoms with Crippen molar-refractivity contribution < 1.29 is 4.74 Å². The zero-order valence-corrected chi connectivity index (χ0v) is 14.4. The molecule has 128 valence electrons. The Balaban J connectivity index is 1.37. The first kappa shape index (κ1) is 15.9. The minimum Gasteiger partial charge on any atom is -0.372 e. The molecular weight excluding hydrogens is 298 g/mol. The van der Waals surface area contributed by atoms with Gasteiger partial charge in [-0.1, -0.05) is 24.3 Å². The molecule has 24 heavy (non-hydrogen) atoms. The number of nitrogens with zero attached hydrogens (tertiary/aromatic N) is 2. The molecule has 4 heteroatoms. The number of ether oxygens (including phenoxy) is 1. The Labute approximate surface area is 144 Å². The molecule has 4 nitrogen and oxygen atoms in total. The summed E-state index contributed by atoms with van der Waals surface area (Å²) in [7, 11) is 0. The maximum absolute atomic E-state index is 6.05. The maximum Gasteiger partial charge on any atom is 0.103 e. The van der Waals surface area contributed by atoms with Gasteiger partial charge in [-0.05, 0) is 49.8 Å². The highest BCUT2D eigenvalue weighted by molar-refractivity contribution is 5.30. The molecular formula is C20H27N3O. The van der Waals surface area contributed by atoms with Crippen LogP contribution in [0.1, 0.15) is 42.7 Å². The molecule has 1 aliphatic carbocycles. The van der Waals surface area contributed by atoms with Crippen molar-refractivity contribution in [2.75, 3.05) is 13.2 Å². The molecule has 1 fully saturated rings. The summed E-state index contributed by atoms with van der Waals surface area (Å²) in [6.45, 7) is 4.94. The molecule has 2 aliphatic rings. The van der Waals surface area contributed by atoms with Gasteiger partial charge in [0.25, 0.3) is 0 Å². The molecule has 1 aliphatic heterocycles. The van der Waals surface area contributed by atoms with Gasteiger partial charge in [-0.15, -0.1) is 0 Å². The minimum atomic E-state index is 0.191. The van der Waals surface area contributed by atoms with Crippen LogP contribution in [0.25, 0.3) is 0 Å². The molecule has 4 rings (SSSR count). The van der Waals surface area contributed by atoms with Crippen molar-refractivity contribution in [3.8, 4) is 0 Å². The number of hydrogen-bond acceptors (Lipinski definition) is 3. The number of hydrogen-bond donors (Lipinski definition) is 1. The molecule has 2 aromatic rings. The van der Waals surface area contributed by atoms with E-state index in [4.69, 9.17) is 4.74 Å². The topological polar surface area (TPSA) is 39.1 Å². The third kappa shape index (κ3) is 3.13. The van der Waals surface area contributed by atoms with E-state index in [-0.39, 0.29) is 6.10 Å². The third-order valence-corrected chi connectivity index (χ3v) is 5.57. The normalized spacial score (nSPS) is 26.5. The van der Waals surface area contributed by atoms with Crippen molar-refractivity contribution in [2.45, 2.75) is 51.3 Å². The van der Waals surface area contributed by atoms with Crippen molar-refractivity contribution in [1.29, 1.82) is 0 Å². The summed E-state index contributed by atoms with van der Waals surface area (Å²) in [6.07, 6.45) is 6.81. The Hall–Kier alpha value is -1.65. The molecule has 3 atom stereocenters. The van der Waals surface area contributed by atoms with E-state index in [0.717, 1.165) is 32.5 Å². The van der Waals surface area contributed by atoms with E-state index in [0.29, 0.717) is 12.0 Å². The summed E-state index contributed by atoms with van der Waals surface area (Å²) < 4.78 is 8.12. The van der Waals surface area contributed by atoms with Crippen molar-refractivity contribution >= 4 is 0 Å². The fourth-order valence-corrected chi connectivity index (χ4v) is 4.21. The number of aromatic nitrogens is 2. The van der Waals surface area contributed by atoms with E-state index in [1.54, 1.807) is 0 Å². The molecule has 0 unspecified atom stereocenters. The zero-order valence-electron chi connectivity index (χ0n) is 14.4.